The Kier molecular flexibility index (Phi) is 8.57. The molecule has 0 saturated heterocycles. The molecule has 0 aliphatic carbocycles. The molecule has 0 N–H and O–H groups in total. The van der Waals surface area contributed by atoms with Crippen molar-refractivity contribution in [1.82, 2.24) is 0 Å². The third-order valence-corrected chi connectivity index (χ3v) is 0.892. The standard InChI is InChI=1S/C6H9NO4.Na/c1-4(9)7-5(3-8)6(10)11-2;/h3,5H,1-2H3,(H,7,9);/q;+1/p-1/t5-;/m0./s1. The molecule has 12 heavy (non-hydrogen) atoms. The van der Waals surface area contributed by atoms with Gasteiger partial charge >= 0.3 is 29.6 Å². The fourth-order valence-electron chi connectivity index (χ4n) is 0.455. The van der Waals surface area contributed by atoms with Crippen LogP contribution in [0.4, 0.5) is 0 Å². The van der Waals surface area contributed by atoms with Crippen LogP contribution in [-0.4, -0.2) is 31.3 Å². The quantitative estimate of drug-likeness (QED) is 0.197. The maximum absolute atomic E-state index is 10.6. The van der Waals surface area contributed by atoms with E-state index in [4.69, 9.17) is 0 Å². The van der Waals surface area contributed by atoms with E-state index in [1.165, 1.54) is 0 Å². The minimum absolute atomic E-state index is 0. The summed E-state index contributed by atoms with van der Waals surface area (Å²) >= 11 is 0. The zero-order valence-corrected chi connectivity index (χ0v) is 9.23. The summed E-state index contributed by atoms with van der Waals surface area (Å²) in [6, 6.07) is -1.31. The Balaban J connectivity index is 0. The average molecular weight is 181 g/mol. The van der Waals surface area contributed by atoms with Crippen LogP contribution in [0.3, 0.4) is 0 Å². The van der Waals surface area contributed by atoms with Gasteiger partial charge in [-0.1, -0.05) is 0 Å². The molecule has 0 unspecified atom stereocenters. The molecule has 6 heteroatoms. The van der Waals surface area contributed by atoms with Crippen molar-refractivity contribution >= 4 is 18.2 Å². The van der Waals surface area contributed by atoms with Crippen LogP contribution in [0.2, 0.25) is 0 Å². The zero-order chi connectivity index (χ0) is 8.85. The SMILES string of the molecule is COC(=O)[C@H](C=O)[N-]C(C)=O.[Na+]. The van der Waals surface area contributed by atoms with Gasteiger partial charge in [0.1, 0.15) is 6.29 Å². The first-order valence-corrected chi connectivity index (χ1v) is 2.86. The molecule has 0 spiro atoms. The fourth-order valence-corrected chi connectivity index (χ4v) is 0.455. The summed E-state index contributed by atoms with van der Waals surface area (Å²) in [6.45, 7) is 1.15. The van der Waals surface area contributed by atoms with Gasteiger partial charge in [-0.05, 0) is 6.92 Å². The molecule has 0 aromatic carbocycles. The number of amides is 1. The van der Waals surface area contributed by atoms with Crippen LogP contribution < -0.4 is 29.6 Å². The maximum Gasteiger partial charge on any atom is 1.00 e. The van der Waals surface area contributed by atoms with Crippen molar-refractivity contribution in [3.63, 3.8) is 0 Å². The van der Waals surface area contributed by atoms with Gasteiger partial charge in [0, 0.05) is 11.9 Å². The average Bonchev–Trinajstić information content (AvgIpc) is 1.98. The zero-order valence-electron chi connectivity index (χ0n) is 7.23. The van der Waals surface area contributed by atoms with Crippen molar-refractivity contribution in [2.24, 2.45) is 0 Å². The van der Waals surface area contributed by atoms with Gasteiger partial charge in [0.15, 0.2) is 0 Å². The second-order valence-electron chi connectivity index (χ2n) is 1.75. The Bertz CT molecular complexity index is 182. The fraction of sp³-hybridized carbons (Fsp3) is 0.500. The number of rotatable bonds is 3. The van der Waals surface area contributed by atoms with Gasteiger partial charge in [0.2, 0.25) is 0 Å². The van der Waals surface area contributed by atoms with Gasteiger partial charge in [-0.2, -0.15) is 0 Å². The normalized spacial score (nSPS) is 10.5. The van der Waals surface area contributed by atoms with Crippen LogP contribution in [0.1, 0.15) is 6.92 Å². The van der Waals surface area contributed by atoms with Gasteiger partial charge in [-0.3, -0.25) is 4.79 Å². The van der Waals surface area contributed by atoms with Gasteiger partial charge in [0.05, 0.1) is 7.11 Å². The van der Waals surface area contributed by atoms with Gasteiger partial charge < -0.3 is 19.6 Å². The van der Waals surface area contributed by atoms with Crippen LogP contribution >= 0.6 is 0 Å². The largest absolute Gasteiger partial charge is 1.00 e. The number of hydrogen-bond donors (Lipinski definition) is 0. The predicted octanol–water partition coefficient (Wildman–Crippen LogP) is -3.35. The van der Waals surface area contributed by atoms with Crippen molar-refractivity contribution < 1.29 is 48.7 Å². The number of methoxy groups -OCH3 is 1. The van der Waals surface area contributed by atoms with E-state index in [0.717, 1.165) is 14.0 Å². The van der Waals surface area contributed by atoms with E-state index in [0.29, 0.717) is 0 Å². The Morgan fingerprint density at radius 1 is 1.50 bits per heavy atom. The minimum atomic E-state index is -1.31. The molecule has 0 bridgehead atoms. The topological polar surface area (TPSA) is 74.5 Å². The summed E-state index contributed by atoms with van der Waals surface area (Å²) < 4.78 is 4.19. The molecule has 0 heterocycles. The van der Waals surface area contributed by atoms with E-state index in [9.17, 15) is 14.4 Å². The van der Waals surface area contributed by atoms with E-state index in [2.05, 4.69) is 10.1 Å². The molecule has 0 rings (SSSR count). The number of ether oxygens (including phenoxy) is 1. The molecule has 1 amide bonds. The maximum atomic E-state index is 10.6. The number of esters is 1. The molecule has 0 fully saturated rings. The molecule has 62 valence electrons. The number of aldehydes is 1. The molecular formula is C6H8NNaO4. The van der Waals surface area contributed by atoms with Crippen molar-refractivity contribution in [2.45, 2.75) is 13.0 Å². The molecule has 0 aliphatic heterocycles. The summed E-state index contributed by atoms with van der Waals surface area (Å²) in [4.78, 5) is 31.0. The Morgan fingerprint density at radius 3 is 2.25 bits per heavy atom. The number of hydrogen-bond acceptors (Lipinski definition) is 4. The van der Waals surface area contributed by atoms with E-state index < -0.39 is 17.9 Å². The molecule has 1 atom stereocenters. The molecular weight excluding hydrogens is 173 g/mol. The minimum Gasteiger partial charge on any atom is -0.636 e. The van der Waals surface area contributed by atoms with Gasteiger partial charge in [-0.25, -0.2) is 0 Å². The third-order valence-electron chi connectivity index (χ3n) is 0.892. The predicted molar refractivity (Wildman–Crippen MR) is 35.9 cm³/mol. The summed E-state index contributed by atoms with van der Waals surface area (Å²) in [5, 5.41) is 3.18. The molecule has 5 nitrogen and oxygen atoms in total. The van der Waals surface area contributed by atoms with Crippen molar-refractivity contribution in [3.05, 3.63) is 5.32 Å². The summed E-state index contributed by atoms with van der Waals surface area (Å²) in [6.07, 6.45) is 0.257. The molecule has 0 radical (unpaired) electrons. The molecule has 0 aromatic heterocycles. The summed E-state index contributed by atoms with van der Waals surface area (Å²) in [5.74, 6) is -1.40. The van der Waals surface area contributed by atoms with Gasteiger partial charge in [-0.15, -0.1) is 0 Å². The molecule has 0 saturated carbocycles. The Morgan fingerprint density at radius 2 is 2.00 bits per heavy atom. The first-order valence-electron chi connectivity index (χ1n) is 2.86. The second-order valence-corrected chi connectivity index (χ2v) is 1.75. The van der Waals surface area contributed by atoms with Crippen molar-refractivity contribution in [2.75, 3.05) is 7.11 Å². The number of carbonyl (C=O) groups is 3. The first-order chi connectivity index (χ1) is 5.11. The Labute approximate surface area is 92.1 Å². The smallest absolute Gasteiger partial charge is 0.636 e. The second kappa shape index (κ2) is 7.27. The van der Waals surface area contributed by atoms with Crippen LogP contribution in [0, 0.1) is 0 Å². The first kappa shape index (κ1) is 14.2. The Hall–Kier alpha value is -0.390. The van der Waals surface area contributed by atoms with E-state index in [1.54, 1.807) is 0 Å². The summed E-state index contributed by atoms with van der Waals surface area (Å²) in [7, 11) is 1.12. The van der Waals surface area contributed by atoms with E-state index in [1.807, 2.05) is 0 Å². The van der Waals surface area contributed by atoms with E-state index >= 15 is 0 Å². The van der Waals surface area contributed by atoms with Crippen molar-refractivity contribution in [3.8, 4) is 0 Å². The van der Waals surface area contributed by atoms with Crippen molar-refractivity contribution in [1.29, 1.82) is 0 Å². The van der Waals surface area contributed by atoms with E-state index in [-0.39, 0.29) is 35.8 Å². The van der Waals surface area contributed by atoms with Crippen LogP contribution in [0.15, 0.2) is 0 Å². The number of nitrogens with zero attached hydrogens (tertiary/aromatic N) is 1. The monoisotopic (exact) mass is 181 g/mol. The number of carbonyl (C=O) groups excluding carboxylic acids is 3. The van der Waals surface area contributed by atoms with Crippen LogP contribution in [0.5, 0.6) is 0 Å². The molecule has 0 aliphatic rings. The van der Waals surface area contributed by atoms with Gasteiger partial charge in [0.25, 0.3) is 5.97 Å². The van der Waals surface area contributed by atoms with Crippen LogP contribution in [-0.2, 0) is 19.1 Å². The molecule has 0 aromatic rings. The third kappa shape index (κ3) is 5.29. The summed E-state index contributed by atoms with van der Waals surface area (Å²) in [5.41, 5.74) is 0. The van der Waals surface area contributed by atoms with Crippen LogP contribution in [0.25, 0.3) is 5.32 Å².